The lowest BCUT2D eigenvalue weighted by atomic mass is 10.5. The van der Waals surface area contributed by atoms with E-state index in [0.717, 1.165) is 11.6 Å². The summed E-state index contributed by atoms with van der Waals surface area (Å²) < 4.78 is 4.89. The second-order valence-corrected chi connectivity index (χ2v) is 1.86. The minimum absolute atomic E-state index is 0.825. The smallest absolute Gasteiger partial charge is 0.336 e. The van der Waals surface area contributed by atoms with Crippen LogP contribution in [0.1, 0.15) is 20.8 Å². The molecular formula is C7H14NO+. The Morgan fingerprint density at radius 1 is 1.44 bits per heavy atom. The van der Waals surface area contributed by atoms with Crippen LogP contribution in [0.2, 0.25) is 0 Å². The van der Waals surface area contributed by atoms with Crippen molar-refractivity contribution in [1.82, 2.24) is 0 Å². The van der Waals surface area contributed by atoms with Crippen molar-refractivity contribution in [1.29, 1.82) is 0 Å². The minimum Gasteiger partial charge on any atom is -0.451 e. The Hall–Kier alpha value is -0.790. The van der Waals surface area contributed by atoms with Crippen LogP contribution in [0.4, 0.5) is 0 Å². The topological polar surface area (TPSA) is 23.2 Å². The van der Waals surface area contributed by atoms with Crippen LogP contribution < -0.4 is 4.99 Å². The summed E-state index contributed by atoms with van der Waals surface area (Å²) in [6.45, 7) is 5.85. The van der Waals surface area contributed by atoms with Gasteiger partial charge < -0.3 is 4.74 Å². The van der Waals surface area contributed by atoms with E-state index >= 15 is 0 Å². The Balaban J connectivity index is 3.95. The molecule has 0 spiro atoms. The van der Waals surface area contributed by atoms with Gasteiger partial charge in [0.15, 0.2) is 5.70 Å². The van der Waals surface area contributed by atoms with Gasteiger partial charge in [-0.2, -0.15) is 4.99 Å². The van der Waals surface area contributed by atoms with E-state index in [2.05, 4.69) is 4.99 Å². The van der Waals surface area contributed by atoms with E-state index in [9.17, 15) is 0 Å². The van der Waals surface area contributed by atoms with Crippen molar-refractivity contribution < 1.29 is 9.73 Å². The lowest BCUT2D eigenvalue weighted by molar-refractivity contribution is -0.409. The van der Waals surface area contributed by atoms with Crippen molar-refractivity contribution in [2.75, 3.05) is 7.11 Å². The summed E-state index contributed by atoms with van der Waals surface area (Å²) in [5.74, 6) is 0.825. The molecule has 0 aliphatic rings. The molecule has 0 amide bonds. The van der Waals surface area contributed by atoms with Crippen LogP contribution in [0.25, 0.3) is 0 Å². The highest BCUT2D eigenvalue weighted by molar-refractivity contribution is 5.66. The minimum atomic E-state index is 0.825. The summed E-state index contributed by atoms with van der Waals surface area (Å²) in [5, 5.41) is 0. The largest absolute Gasteiger partial charge is 0.451 e. The summed E-state index contributed by atoms with van der Waals surface area (Å²) in [7, 11) is 1.64. The normalized spacial score (nSPS) is 13.8. The van der Waals surface area contributed by atoms with Crippen molar-refractivity contribution in [2.24, 2.45) is 0 Å². The van der Waals surface area contributed by atoms with Crippen molar-refractivity contribution in [3.8, 4) is 0 Å². The zero-order valence-electron chi connectivity index (χ0n) is 6.49. The molecule has 52 valence electrons. The van der Waals surface area contributed by atoms with Gasteiger partial charge in [-0.3, -0.25) is 0 Å². The van der Waals surface area contributed by atoms with Crippen molar-refractivity contribution in [3.63, 3.8) is 0 Å². The molecule has 0 fully saturated rings. The molecule has 0 aromatic carbocycles. The molecule has 0 aromatic heterocycles. The van der Waals surface area contributed by atoms with E-state index in [-0.39, 0.29) is 0 Å². The Bertz CT molecular complexity index is 136. The first-order valence-electron chi connectivity index (χ1n) is 2.98. The van der Waals surface area contributed by atoms with Gasteiger partial charge in [0.1, 0.15) is 0 Å². The van der Waals surface area contributed by atoms with E-state index in [1.54, 1.807) is 7.11 Å². The molecule has 2 heteroatoms. The SMILES string of the molecule is C/C=C(/C)[NH+]=C(C)OC. The molecule has 0 aromatic rings. The van der Waals surface area contributed by atoms with Gasteiger partial charge in [0.2, 0.25) is 0 Å². The van der Waals surface area contributed by atoms with Gasteiger partial charge in [0.05, 0.1) is 14.0 Å². The predicted octanol–water partition coefficient (Wildman–Crippen LogP) is 0.0555. The number of ether oxygens (including phenoxy) is 1. The van der Waals surface area contributed by atoms with Crippen LogP contribution in [0.15, 0.2) is 11.8 Å². The van der Waals surface area contributed by atoms with Crippen LogP contribution >= 0.6 is 0 Å². The van der Waals surface area contributed by atoms with Crippen molar-refractivity contribution >= 4 is 5.90 Å². The lowest BCUT2D eigenvalue weighted by Gasteiger charge is -1.88. The van der Waals surface area contributed by atoms with Crippen molar-refractivity contribution in [3.05, 3.63) is 11.8 Å². The second kappa shape index (κ2) is 4.13. The highest BCUT2D eigenvalue weighted by Crippen LogP contribution is 1.71. The van der Waals surface area contributed by atoms with Crippen LogP contribution in [-0.2, 0) is 4.74 Å². The Labute approximate surface area is 56.2 Å². The first kappa shape index (κ1) is 8.21. The Kier molecular flexibility index (Phi) is 3.76. The monoisotopic (exact) mass is 128 g/mol. The molecule has 0 radical (unpaired) electrons. The first-order chi connectivity index (χ1) is 4.20. The van der Waals surface area contributed by atoms with Crippen LogP contribution in [0, 0.1) is 0 Å². The van der Waals surface area contributed by atoms with Gasteiger partial charge in [-0.1, -0.05) is 0 Å². The molecular weight excluding hydrogens is 114 g/mol. The maximum Gasteiger partial charge on any atom is 0.336 e. The van der Waals surface area contributed by atoms with Gasteiger partial charge in [0.25, 0.3) is 0 Å². The highest BCUT2D eigenvalue weighted by atomic mass is 16.5. The average molecular weight is 128 g/mol. The van der Waals surface area contributed by atoms with E-state index in [1.807, 2.05) is 26.8 Å². The molecule has 0 aliphatic heterocycles. The molecule has 0 heterocycles. The summed E-state index contributed by atoms with van der Waals surface area (Å²) >= 11 is 0. The fourth-order valence-corrected chi connectivity index (χ4v) is 0.401. The third kappa shape index (κ3) is 3.76. The number of nitrogens with one attached hydrogen (secondary N) is 1. The van der Waals surface area contributed by atoms with Gasteiger partial charge >= 0.3 is 5.90 Å². The molecule has 0 unspecified atom stereocenters. The quantitative estimate of drug-likeness (QED) is 0.391. The van der Waals surface area contributed by atoms with Crippen LogP contribution in [0.5, 0.6) is 0 Å². The fourth-order valence-electron chi connectivity index (χ4n) is 0.401. The zero-order valence-corrected chi connectivity index (χ0v) is 6.49. The maximum absolute atomic E-state index is 4.89. The van der Waals surface area contributed by atoms with Crippen LogP contribution in [-0.4, -0.2) is 13.0 Å². The molecule has 0 saturated heterocycles. The van der Waals surface area contributed by atoms with Crippen molar-refractivity contribution in [2.45, 2.75) is 20.8 Å². The molecule has 1 N–H and O–H groups in total. The number of rotatable bonds is 1. The number of hydrogen-bond acceptors (Lipinski definition) is 1. The van der Waals surface area contributed by atoms with E-state index in [4.69, 9.17) is 4.74 Å². The Morgan fingerprint density at radius 3 is 2.33 bits per heavy atom. The molecule has 2 nitrogen and oxygen atoms in total. The Morgan fingerprint density at radius 2 is 2.00 bits per heavy atom. The molecule has 0 atom stereocenters. The lowest BCUT2D eigenvalue weighted by Crippen LogP contribution is -2.69. The van der Waals surface area contributed by atoms with Gasteiger partial charge in [0, 0.05) is 6.92 Å². The third-order valence-corrected chi connectivity index (χ3v) is 1.11. The summed E-state index contributed by atoms with van der Waals surface area (Å²) in [6, 6.07) is 0. The summed E-state index contributed by atoms with van der Waals surface area (Å²) in [5.41, 5.74) is 1.11. The van der Waals surface area contributed by atoms with E-state index in [0.29, 0.717) is 0 Å². The van der Waals surface area contributed by atoms with Gasteiger partial charge in [-0.05, 0) is 13.0 Å². The van der Waals surface area contributed by atoms with Gasteiger partial charge in [-0.15, -0.1) is 0 Å². The number of methoxy groups -OCH3 is 1. The standard InChI is InChI=1S/C7H13NO/c1-5-6(2)8-7(3)9-4/h5H,1-4H3/p+1/b6-5-,8-7?. The third-order valence-electron chi connectivity index (χ3n) is 1.11. The van der Waals surface area contributed by atoms with Crippen LogP contribution in [0.3, 0.4) is 0 Å². The highest BCUT2D eigenvalue weighted by Gasteiger charge is 1.93. The summed E-state index contributed by atoms with van der Waals surface area (Å²) in [4.78, 5) is 3.03. The molecule has 0 bridgehead atoms. The van der Waals surface area contributed by atoms with E-state index < -0.39 is 0 Å². The van der Waals surface area contributed by atoms with E-state index in [1.165, 1.54) is 0 Å². The molecule has 0 saturated carbocycles. The molecule has 0 rings (SSSR count). The average Bonchev–Trinajstić information content (AvgIpc) is 1.87. The van der Waals surface area contributed by atoms with Gasteiger partial charge in [-0.25, -0.2) is 0 Å². The fraction of sp³-hybridized carbons (Fsp3) is 0.571. The maximum atomic E-state index is 4.89. The second-order valence-electron chi connectivity index (χ2n) is 1.86. The summed E-state index contributed by atoms with van der Waals surface area (Å²) in [6.07, 6.45) is 1.99. The number of hydrogen-bond donors (Lipinski definition) is 1. The number of allylic oxidation sites excluding steroid dienone is 2. The molecule has 9 heavy (non-hydrogen) atoms. The molecule has 0 aliphatic carbocycles. The zero-order chi connectivity index (χ0) is 7.28. The first-order valence-corrected chi connectivity index (χ1v) is 2.98. The predicted molar refractivity (Wildman–Crippen MR) is 38.1 cm³/mol.